The van der Waals surface area contributed by atoms with E-state index in [0.29, 0.717) is 28.3 Å². The van der Waals surface area contributed by atoms with Crippen molar-refractivity contribution in [1.29, 1.82) is 0 Å². The van der Waals surface area contributed by atoms with Crippen LogP contribution in [0.3, 0.4) is 0 Å². The molecule has 1 atom stereocenters. The first-order chi connectivity index (χ1) is 13.3. The maximum absolute atomic E-state index is 12.9. The van der Waals surface area contributed by atoms with Gasteiger partial charge in [-0.2, -0.15) is 13.2 Å². The van der Waals surface area contributed by atoms with Crippen LogP contribution < -0.4 is 5.32 Å². The quantitative estimate of drug-likeness (QED) is 0.627. The Morgan fingerprint density at radius 1 is 0.786 bits per heavy atom. The van der Waals surface area contributed by atoms with E-state index in [9.17, 15) is 18.3 Å². The molecular weight excluding hydrogens is 387 g/mol. The van der Waals surface area contributed by atoms with Crippen molar-refractivity contribution >= 4 is 11.6 Å². The normalized spacial score (nSPS) is 13.9. The third-order valence-corrected chi connectivity index (χ3v) is 4.90. The van der Waals surface area contributed by atoms with Crippen molar-refractivity contribution in [1.82, 2.24) is 0 Å². The first-order valence-electron chi connectivity index (χ1n) is 8.81. The molecule has 0 aliphatic heterocycles. The zero-order valence-electron chi connectivity index (χ0n) is 15.0. The van der Waals surface area contributed by atoms with Crippen LogP contribution in [0.2, 0.25) is 5.02 Å². The van der Waals surface area contributed by atoms with Gasteiger partial charge < -0.3 is 10.4 Å². The van der Waals surface area contributed by atoms with Crippen molar-refractivity contribution in [2.24, 2.45) is 0 Å². The number of benzene rings is 3. The van der Waals surface area contributed by atoms with Gasteiger partial charge in [-0.05, 0) is 35.4 Å². The van der Waals surface area contributed by atoms with E-state index in [4.69, 9.17) is 11.6 Å². The largest absolute Gasteiger partial charge is 0.416 e. The van der Waals surface area contributed by atoms with Gasteiger partial charge in [0.05, 0.1) is 5.56 Å². The summed E-state index contributed by atoms with van der Waals surface area (Å²) in [5, 5.41) is 13.8. The van der Waals surface area contributed by atoms with Crippen LogP contribution in [0.4, 0.5) is 13.2 Å². The van der Waals surface area contributed by atoms with Gasteiger partial charge in [0.1, 0.15) is 13.1 Å². The molecule has 0 saturated carbocycles. The first kappa shape index (κ1) is 20.4. The second-order valence-electron chi connectivity index (χ2n) is 6.63. The molecule has 2 nitrogen and oxygen atoms in total. The van der Waals surface area contributed by atoms with E-state index in [1.165, 1.54) is 6.07 Å². The lowest BCUT2D eigenvalue weighted by Crippen LogP contribution is -2.86. The van der Waals surface area contributed by atoms with E-state index in [2.05, 4.69) is 0 Å². The summed E-state index contributed by atoms with van der Waals surface area (Å²) in [5.74, 6) is 0. The smallest absolute Gasteiger partial charge is 0.375 e. The van der Waals surface area contributed by atoms with Gasteiger partial charge in [-0.15, -0.1) is 0 Å². The standard InChI is InChI=1S/C22H19ClF3NO/c23-20-11-9-18(10-12-20)21(28,17-6-2-1-3-7-17)15-27-14-16-5-4-8-19(13-16)22(24,25)26/h1-13,27-28H,14-15H2/p+1/t21-/m1/s1. The molecular formula is C22H20ClF3NO+. The van der Waals surface area contributed by atoms with E-state index in [1.54, 1.807) is 35.6 Å². The van der Waals surface area contributed by atoms with Gasteiger partial charge in [0.25, 0.3) is 0 Å². The van der Waals surface area contributed by atoms with Crippen LogP contribution in [0.5, 0.6) is 0 Å². The Balaban J connectivity index is 1.81. The molecule has 3 aromatic rings. The minimum absolute atomic E-state index is 0.245. The van der Waals surface area contributed by atoms with Crippen molar-refractivity contribution in [3.8, 4) is 0 Å². The molecule has 0 aromatic heterocycles. The zero-order chi connectivity index (χ0) is 20.2. The van der Waals surface area contributed by atoms with Crippen LogP contribution in [-0.2, 0) is 18.3 Å². The Bertz CT molecular complexity index is 913. The highest BCUT2D eigenvalue weighted by molar-refractivity contribution is 6.30. The first-order valence-corrected chi connectivity index (χ1v) is 9.18. The van der Waals surface area contributed by atoms with Gasteiger partial charge in [-0.3, -0.25) is 0 Å². The molecule has 3 aromatic carbocycles. The summed E-state index contributed by atoms with van der Waals surface area (Å²) < 4.78 is 38.7. The van der Waals surface area contributed by atoms with Crippen LogP contribution in [0.1, 0.15) is 22.3 Å². The summed E-state index contributed by atoms with van der Waals surface area (Å²) in [7, 11) is 0. The lowest BCUT2D eigenvalue weighted by atomic mass is 9.86. The molecule has 146 valence electrons. The lowest BCUT2D eigenvalue weighted by molar-refractivity contribution is -0.682. The maximum atomic E-state index is 12.9. The third kappa shape index (κ3) is 4.73. The molecule has 0 amide bonds. The second kappa shape index (κ2) is 8.35. The summed E-state index contributed by atoms with van der Waals surface area (Å²) in [6.07, 6.45) is -4.37. The predicted molar refractivity (Wildman–Crippen MR) is 103 cm³/mol. The monoisotopic (exact) mass is 406 g/mol. The number of hydrogen-bond acceptors (Lipinski definition) is 1. The summed E-state index contributed by atoms with van der Waals surface area (Å²) in [5.41, 5.74) is -0.0511. The molecule has 3 N–H and O–H groups in total. The molecule has 0 aliphatic carbocycles. The molecule has 6 heteroatoms. The summed E-state index contributed by atoms with van der Waals surface area (Å²) in [6, 6.07) is 21.3. The van der Waals surface area contributed by atoms with Crippen LogP contribution in [-0.4, -0.2) is 11.7 Å². The zero-order valence-corrected chi connectivity index (χ0v) is 15.7. The van der Waals surface area contributed by atoms with E-state index in [-0.39, 0.29) is 6.54 Å². The highest BCUT2D eigenvalue weighted by atomic mass is 35.5. The van der Waals surface area contributed by atoms with Gasteiger partial charge in [0.15, 0.2) is 5.60 Å². The number of halogens is 4. The van der Waals surface area contributed by atoms with Crippen LogP contribution in [0.15, 0.2) is 78.9 Å². The topological polar surface area (TPSA) is 36.8 Å². The molecule has 0 unspecified atom stereocenters. The Morgan fingerprint density at radius 2 is 1.39 bits per heavy atom. The highest BCUT2D eigenvalue weighted by Gasteiger charge is 2.34. The van der Waals surface area contributed by atoms with Gasteiger partial charge in [-0.1, -0.05) is 66.2 Å². The third-order valence-electron chi connectivity index (χ3n) is 4.65. The van der Waals surface area contributed by atoms with Crippen molar-refractivity contribution in [2.45, 2.75) is 18.3 Å². The minimum Gasteiger partial charge on any atom is -0.375 e. The van der Waals surface area contributed by atoms with Gasteiger partial charge in [-0.25, -0.2) is 0 Å². The lowest BCUT2D eigenvalue weighted by Gasteiger charge is -2.28. The van der Waals surface area contributed by atoms with E-state index >= 15 is 0 Å². The molecule has 3 rings (SSSR count). The molecule has 0 bridgehead atoms. The Hall–Kier alpha value is -2.34. The summed E-state index contributed by atoms with van der Waals surface area (Å²) in [4.78, 5) is 0. The van der Waals surface area contributed by atoms with Crippen LogP contribution in [0, 0.1) is 0 Å². The fourth-order valence-electron chi connectivity index (χ4n) is 3.16. The van der Waals surface area contributed by atoms with E-state index < -0.39 is 17.3 Å². The SMILES string of the molecule is O[C@](C[NH2+]Cc1cccc(C(F)(F)F)c1)(c1ccccc1)c1ccc(Cl)cc1. The number of hydrogen-bond donors (Lipinski definition) is 2. The second-order valence-corrected chi connectivity index (χ2v) is 7.06. The fraction of sp³-hybridized carbons (Fsp3) is 0.182. The van der Waals surface area contributed by atoms with Crippen molar-refractivity contribution in [3.63, 3.8) is 0 Å². The minimum atomic E-state index is -4.37. The van der Waals surface area contributed by atoms with Crippen molar-refractivity contribution < 1.29 is 23.6 Å². The van der Waals surface area contributed by atoms with Crippen molar-refractivity contribution in [2.75, 3.05) is 6.54 Å². The van der Waals surface area contributed by atoms with Crippen molar-refractivity contribution in [3.05, 3.63) is 106 Å². The number of alkyl halides is 3. The number of rotatable bonds is 6. The molecule has 0 radical (unpaired) electrons. The fourth-order valence-corrected chi connectivity index (χ4v) is 3.29. The Labute approximate surface area is 166 Å². The number of quaternary nitrogens is 1. The van der Waals surface area contributed by atoms with Gasteiger partial charge in [0, 0.05) is 10.6 Å². The number of nitrogens with two attached hydrogens (primary N) is 1. The molecule has 28 heavy (non-hydrogen) atoms. The highest BCUT2D eigenvalue weighted by Crippen LogP contribution is 2.30. The maximum Gasteiger partial charge on any atom is 0.416 e. The molecule has 0 spiro atoms. The number of aliphatic hydroxyl groups is 1. The molecule has 0 heterocycles. The summed E-state index contributed by atoms with van der Waals surface area (Å²) in [6.45, 7) is 0.557. The predicted octanol–water partition coefficient (Wildman–Crippen LogP) is 4.36. The van der Waals surface area contributed by atoms with E-state index in [0.717, 1.165) is 12.1 Å². The molecule has 0 fully saturated rings. The molecule has 0 saturated heterocycles. The van der Waals surface area contributed by atoms with E-state index in [1.807, 2.05) is 30.3 Å². The summed E-state index contributed by atoms with van der Waals surface area (Å²) >= 11 is 5.96. The Kier molecular flexibility index (Phi) is 6.08. The van der Waals surface area contributed by atoms with Crippen LogP contribution in [0.25, 0.3) is 0 Å². The van der Waals surface area contributed by atoms with Gasteiger partial charge in [0.2, 0.25) is 0 Å². The Morgan fingerprint density at radius 3 is 2.04 bits per heavy atom. The molecule has 0 aliphatic rings. The van der Waals surface area contributed by atoms with Gasteiger partial charge >= 0.3 is 6.18 Å². The average molecular weight is 407 g/mol. The van der Waals surface area contributed by atoms with Crippen LogP contribution >= 0.6 is 11.6 Å². The average Bonchev–Trinajstić information content (AvgIpc) is 2.68.